The Morgan fingerprint density at radius 1 is 1.38 bits per heavy atom. The zero-order valence-electron chi connectivity index (χ0n) is 6.85. The lowest BCUT2D eigenvalue weighted by Gasteiger charge is -2.01. The fourth-order valence-electron chi connectivity index (χ4n) is 0.924. The van der Waals surface area contributed by atoms with Crippen molar-refractivity contribution in [2.75, 3.05) is 0 Å². The largest absolute Gasteiger partial charge is 0.300 e. The molecule has 1 aromatic carbocycles. The summed E-state index contributed by atoms with van der Waals surface area (Å²) >= 11 is 0. The van der Waals surface area contributed by atoms with E-state index in [1.807, 2.05) is 0 Å². The summed E-state index contributed by atoms with van der Waals surface area (Å²) in [5.41, 5.74) is 0.0281. The molecular weight excluding hydrogens is 181 g/mol. The molecule has 0 unspecified atom stereocenters. The lowest BCUT2D eigenvalue weighted by Crippen LogP contribution is -2.10. The van der Waals surface area contributed by atoms with Crippen molar-refractivity contribution in [1.82, 2.24) is 0 Å². The summed E-state index contributed by atoms with van der Waals surface area (Å²) in [4.78, 5) is 10.7. The Morgan fingerprint density at radius 2 is 2.00 bits per heavy atom. The van der Waals surface area contributed by atoms with Gasteiger partial charge in [-0.1, -0.05) is 0 Å². The van der Waals surface area contributed by atoms with Crippen LogP contribution in [-0.4, -0.2) is 12.2 Å². The van der Waals surface area contributed by atoms with Crippen LogP contribution < -0.4 is 0 Å². The summed E-state index contributed by atoms with van der Waals surface area (Å²) in [6.07, 6.45) is -3.04. The van der Waals surface area contributed by atoms with E-state index in [1.165, 1.54) is 6.92 Å². The highest BCUT2D eigenvalue weighted by Gasteiger charge is 2.17. The SMILES string of the molecule is Cc1cc(C(=O)C(F)F)ccc1F. The van der Waals surface area contributed by atoms with Gasteiger partial charge in [0.25, 0.3) is 0 Å². The third-order valence-corrected chi connectivity index (χ3v) is 1.64. The monoisotopic (exact) mass is 188 g/mol. The van der Waals surface area contributed by atoms with Crippen LogP contribution in [0.2, 0.25) is 0 Å². The average Bonchev–Trinajstić information content (AvgIpc) is 2.08. The topological polar surface area (TPSA) is 17.1 Å². The molecule has 0 heterocycles. The van der Waals surface area contributed by atoms with E-state index in [0.717, 1.165) is 18.2 Å². The predicted octanol–water partition coefficient (Wildman–Crippen LogP) is 2.58. The van der Waals surface area contributed by atoms with Crippen molar-refractivity contribution in [3.63, 3.8) is 0 Å². The number of ketones is 1. The number of hydrogen-bond donors (Lipinski definition) is 0. The molecule has 0 saturated carbocycles. The second-order valence-corrected chi connectivity index (χ2v) is 2.63. The average molecular weight is 188 g/mol. The number of hydrogen-bond acceptors (Lipinski definition) is 1. The third kappa shape index (κ3) is 2.08. The molecule has 70 valence electrons. The summed E-state index contributed by atoms with van der Waals surface area (Å²) in [5, 5.41) is 0. The molecule has 13 heavy (non-hydrogen) atoms. The molecule has 1 rings (SSSR count). The maximum Gasteiger partial charge on any atom is 0.300 e. The van der Waals surface area contributed by atoms with Gasteiger partial charge in [-0.2, -0.15) is 0 Å². The van der Waals surface area contributed by atoms with Gasteiger partial charge in [0.15, 0.2) is 0 Å². The summed E-state index contributed by atoms with van der Waals surface area (Å²) in [7, 11) is 0. The molecule has 0 aliphatic rings. The Hall–Kier alpha value is -1.32. The van der Waals surface area contributed by atoms with E-state index >= 15 is 0 Å². The van der Waals surface area contributed by atoms with Gasteiger partial charge in [-0.15, -0.1) is 0 Å². The summed E-state index contributed by atoms with van der Waals surface area (Å²) in [6, 6.07) is 3.17. The van der Waals surface area contributed by atoms with E-state index in [1.54, 1.807) is 0 Å². The van der Waals surface area contributed by atoms with Crippen LogP contribution in [0.3, 0.4) is 0 Å². The third-order valence-electron chi connectivity index (χ3n) is 1.64. The molecule has 0 aromatic heterocycles. The number of alkyl halides is 2. The lowest BCUT2D eigenvalue weighted by atomic mass is 10.1. The highest BCUT2D eigenvalue weighted by molar-refractivity contribution is 5.98. The second-order valence-electron chi connectivity index (χ2n) is 2.63. The van der Waals surface area contributed by atoms with Crippen LogP contribution in [0, 0.1) is 12.7 Å². The van der Waals surface area contributed by atoms with Crippen LogP contribution >= 0.6 is 0 Å². The summed E-state index contributed by atoms with van der Waals surface area (Å²) in [6.45, 7) is 1.41. The highest BCUT2D eigenvalue weighted by Crippen LogP contribution is 2.12. The van der Waals surface area contributed by atoms with E-state index < -0.39 is 18.0 Å². The first kappa shape index (κ1) is 9.77. The van der Waals surface area contributed by atoms with Crippen LogP contribution in [-0.2, 0) is 0 Å². The lowest BCUT2D eigenvalue weighted by molar-refractivity contribution is 0.0678. The van der Waals surface area contributed by atoms with Gasteiger partial charge in [-0.3, -0.25) is 4.79 Å². The van der Waals surface area contributed by atoms with Gasteiger partial charge in [0.2, 0.25) is 5.78 Å². The number of carbonyl (C=O) groups excluding carboxylic acids is 1. The van der Waals surface area contributed by atoms with Crippen LogP contribution in [0.1, 0.15) is 15.9 Å². The zero-order chi connectivity index (χ0) is 10.0. The van der Waals surface area contributed by atoms with Crippen molar-refractivity contribution in [3.8, 4) is 0 Å². The van der Waals surface area contributed by atoms with Crippen LogP contribution in [0.25, 0.3) is 0 Å². The normalized spacial score (nSPS) is 10.5. The maximum atomic E-state index is 12.7. The minimum absolute atomic E-state index is 0.158. The quantitative estimate of drug-likeness (QED) is 0.652. The van der Waals surface area contributed by atoms with Gasteiger partial charge in [0, 0.05) is 5.56 Å². The molecule has 4 heteroatoms. The molecule has 0 bridgehead atoms. The number of benzene rings is 1. The predicted molar refractivity (Wildman–Crippen MR) is 41.5 cm³/mol. The number of carbonyl (C=O) groups is 1. The summed E-state index contributed by atoms with van der Waals surface area (Å²) in [5.74, 6) is -1.78. The first-order valence-corrected chi connectivity index (χ1v) is 3.61. The van der Waals surface area contributed by atoms with E-state index in [-0.39, 0.29) is 11.1 Å². The van der Waals surface area contributed by atoms with E-state index in [0.29, 0.717) is 0 Å². The summed E-state index contributed by atoms with van der Waals surface area (Å²) < 4.78 is 36.5. The fraction of sp³-hybridized carbons (Fsp3) is 0.222. The fourth-order valence-corrected chi connectivity index (χ4v) is 0.924. The van der Waals surface area contributed by atoms with E-state index in [9.17, 15) is 18.0 Å². The molecule has 0 fully saturated rings. The Kier molecular flexibility index (Phi) is 2.70. The molecule has 1 aromatic rings. The molecule has 0 atom stereocenters. The Balaban J connectivity index is 3.04. The number of rotatable bonds is 2. The maximum absolute atomic E-state index is 12.7. The van der Waals surface area contributed by atoms with E-state index in [2.05, 4.69) is 0 Å². The molecule has 1 nitrogen and oxygen atoms in total. The second kappa shape index (κ2) is 3.60. The standard InChI is InChI=1S/C9H7F3O/c1-5-4-6(2-3-7(5)10)8(13)9(11)12/h2-4,9H,1H3. The molecule has 0 aliphatic carbocycles. The zero-order valence-corrected chi connectivity index (χ0v) is 6.85. The smallest absolute Gasteiger partial charge is 0.288 e. The van der Waals surface area contributed by atoms with E-state index in [4.69, 9.17) is 0 Å². The number of halogens is 3. The first-order valence-electron chi connectivity index (χ1n) is 3.61. The van der Waals surface area contributed by atoms with Gasteiger partial charge in [-0.05, 0) is 30.7 Å². The van der Waals surface area contributed by atoms with Crippen LogP contribution in [0.15, 0.2) is 18.2 Å². The van der Waals surface area contributed by atoms with Crippen molar-refractivity contribution in [1.29, 1.82) is 0 Å². The van der Waals surface area contributed by atoms with Gasteiger partial charge in [0.1, 0.15) is 5.82 Å². The minimum atomic E-state index is -3.04. The molecule has 0 aliphatic heterocycles. The molecule has 0 radical (unpaired) electrons. The van der Waals surface area contributed by atoms with Crippen molar-refractivity contribution >= 4 is 5.78 Å². The highest BCUT2D eigenvalue weighted by atomic mass is 19.3. The first-order chi connectivity index (χ1) is 6.02. The van der Waals surface area contributed by atoms with Crippen LogP contribution in [0.5, 0.6) is 0 Å². The van der Waals surface area contributed by atoms with Gasteiger partial charge < -0.3 is 0 Å². The molecular formula is C9H7F3O. The minimum Gasteiger partial charge on any atom is -0.288 e. The van der Waals surface area contributed by atoms with Crippen molar-refractivity contribution in [2.45, 2.75) is 13.3 Å². The van der Waals surface area contributed by atoms with Gasteiger partial charge >= 0.3 is 6.43 Å². The van der Waals surface area contributed by atoms with Crippen molar-refractivity contribution in [2.24, 2.45) is 0 Å². The van der Waals surface area contributed by atoms with Gasteiger partial charge in [0.05, 0.1) is 0 Å². The Morgan fingerprint density at radius 3 is 2.46 bits per heavy atom. The molecule has 0 saturated heterocycles. The number of Topliss-reactive ketones (excluding diaryl/α,β-unsaturated/α-hetero) is 1. The Bertz CT molecular complexity index is 334. The van der Waals surface area contributed by atoms with Gasteiger partial charge in [-0.25, -0.2) is 13.2 Å². The Labute approximate surface area is 73.2 Å². The number of aryl methyl sites for hydroxylation is 1. The molecule has 0 N–H and O–H groups in total. The van der Waals surface area contributed by atoms with Crippen molar-refractivity contribution < 1.29 is 18.0 Å². The molecule has 0 amide bonds. The van der Waals surface area contributed by atoms with Crippen molar-refractivity contribution in [3.05, 3.63) is 35.1 Å². The van der Waals surface area contributed by atoms with Crippen LogP contribution in [0.4, 0.5) is 13.2 Å². The molecule has 0 spiro atoms.